The minimum Gasteiger partial charge on any atom is -0.451 e. The van der Waals surface area contributed by atoms with Crippen LogP contribution in [0.3, 0.4) is 0 Å². The van der Waals surface area contributed by atoms with E-state index in [4.69, 9.17) is 9.47 Å². The predicted molar refractivity (Wildman–Crippen MR) is 192 cm³/mol. The first kappa shape index (κ1) is 36.5. The van der Waals surface area contributed by atoms with Crippen LogP contribution in [0.1, 0.15) is 103 Å². The van der Waals surface area contributed by atoms with E-state index < -0.39 is 5.82 Å². The summed E-state index contributed by atoms with van der Waals surface area (Å²) in [4.78, 5) is 41.9. The van der Waals surface area contributed by atoms with Gasteiger partial charge in [0.2, 0.25) is 5.91 Å². The number of anilines is 1. The van der Waals surface area contributed by atoms with Crippen molar-refractivity contribution in [3.8, 4) is 11.5 Å². The number of piperidine rings is 1. The van der Waals surface area contributed by atoms with Crippen molar-refractivity contribution in [3.63, 3.8) is 0 Å². The van der Waals surface area contributed by atoms with Gasteiger partial charge in [0.05, 0.1) is 17.4 Å². The minimum absolute atomic E-state index is 0.0245. The molecule has 1 aliphatic carbocycles. The second kappa shape index (κ2) is 14.4. The lowest BCUT2D eigenvalue weighted by Gasteiger charge is -2.55. The molecule has 0 bridgehead atoms. The monoisotopic (exact) mass is 692 g/mol. The number of benzene rings is 1. The number of amides is 2. The van der Waals surface area contributed by atoms with E-state index in [2.05, 4.69) is 38.9 Å². The van der Waals surface area contributed by atoms with E-state index in [1.807, 2.05) is 27.7 Å². The van der Waals surface area contributed by atoms with Gasteiger partial charge < -0.3 is 29.5 Å². The van der Waals surface area contributed by atoms with Gasteiger partial charge in [-0.25, -0.2) is 14.4 Å². The Morgan fingerprint density at radius 3 is 2.40 bits per heavy atom. The van der Waals surface area contributed by atoms with Gasteiger partial charge in [-0.2, -0.15) is 0 Å². The zero-order valence-electron chi connectivity index (χ0n) is 31.1. The average Bonchev–Trinajstić information content (AvgIpc) is 3.35. The Bertz CT molecular complexity index is 1520. The van der Waals surface area contributed by atoms with Gasteiger partial charge >= 0.3 is 0 Å². The van der Waals surface area contributed by atoms with Gasteiger partial charge in [0.15, 0.2) is 11.6 Å². The summed E-state index contributed by atoms with van der Waals surface area (Å²) in [6.07, 6.45) is 11.6. The summed E-state index contributed by atoms with van der Waals surface area (Å²) in [7, 11) is 1.73. The molecular formula is C39H57FN6O4. The summed E-state index contributed by atoms with van der Waals surface area (Å²) in [5.41, 5.74) is 0.132. The molecule has 6 rings (SSSR count). The van der Waals surface area contributed by atoms with Crippen molar-refractivity contribution in [2.75, 3.05) is 44.7 Å². The molecule has 1 N–H and O–H groups in total. The second-order valence-electron chi connectivity index (χ2n) is 16.8. The van der Waals surface area contributed by atoms with E-state index in [0.717, 1.165) is 71.2 Å². The van der Waals surface area contributed by atoms with Gasteiger partial charge in [-0.15, -0.1) is 0 Å². The molecule has 1 aromatic heterocycles. The number of likely N-dealkylation sites (tertiary alicyclic amines) is 1. The van der Waals surface area contributed by atoms with E-state index in [-0.39, 0.29) is 51.9 Å². The molecule has 3 aliphatic heterocycles. The van der Waals surface area contributed by atoms with Gasteiger partial charge in [-0.3, -0.25) is 9.59 Å². The maximum absolute atomic E-state index is 14.4. The van der Waals surface area contributed by atoms with Gasteiger partial charge in [0, 0.05) is 55.7 Å². The smallest absolute Gasteiger partial charge is 0.258 e. The molecule has 1 unspecified atom stereocenters. The van der Waals surface area contributed by atoms with E-state index in [1.165, 1.54) is 37.4 Å². The number of nitrogens with one attached hydrogen (secondary N) is 1. The highest BCUT2D eigenvalue weighted by Crippen LogP contribution is 2.46. The number of rotatable bonds is 11. The highest BCUT2D eigenvalue weighted by molar-refractivity contribution is 5.97. The lowest BCUT2D eigenvalue weighted by atomic mass is 9.71. The van der Waals surface area contributed by atoms with E-state index in [0.29, 0.717) is 23.2 Å². The molecule has 0 radical (unpaired) electrons. The molecule has 2 spiro atoms. The Morgan fingerprint density at radius 2 is 1.76 bits per heavy atom. The Morgan fingerprint density at radius 1 is 1.08 bits per heavy atom. The topological polar surface area (TPSA) is 100 Å². The van der Waals surface area contributed by atoms with Crippen molar-refractivity contribution in [1.82, 2.24) is 25.1 Å². The van der Waals surface area contributed by atoms with Crippen LogP contribution in [0, 0.1) is 23.1 Å². The van der Waals surface area contributed by atoms with Crippen molar-refractivity contribution >= 4 is 17.6 Å². The number of hydrogen-bond donors (Lipinski definition) is 1. The number of ether oxygens (including phenoxy) is 2. The number of carbonyl (C=O) groups excluding carboxylic acids is 2. The molecule has 274 valence electrons. The number of halogens is 1. The van der Waals surface area contributed by atoms with Crippen LogP contribution < -0.4 is 15.0 Å². The van der Waals surface area contributed by atoms with Crippen LogP contribution >= 0.6 is 0 Å². The standard InChI is InChI=1S/C39H57FN6O4/c1-26(2)46(27(3)4)36(48)31-18-30(40)8-9-32(31)50-33-21-41-25-42-34(33)45-23-38(24-45)14-16-44(17-15-38)22-28-10-12-39(13-11-28)20-29(35(47)43-39)19-37(5,6)49-7/h8-9,18,21,25-29H,10-17,19-20,22-24H2,1-7H3,(H,43,47). The zero-order valence-corrected chi connectivity index (χ0v) is 31.1. The van der Waals surface area contributed by atoms with E-state index in [1.54, 1.807) is 18.2 Å². The normalized spacial score (nSPS) is 25.3. The molecule has 2 amide bonds. The van der Waals surface area contributed by atoms with Crippen molar-refractivity contribution in [2.24, 2.45) is 17.3 Å². The third-order valence-electron chi connectivity index (χ3n) is 11.9. The summed E-state index contributed by atoms with van der Waals surface area (Å²) < 4.78 is 26.3. The SMILES string of the molecule is COC(C)(C)CC1CC2(CCC(CN3CCC4(CC3)CN(c3ncncc3Oc3ccc(F)cc3C(=O)N(C(C)C)C(C)C)C4)CC2)NC1=O. The van der Waals surface area contributed by atoms with Gasteiger partial charge in [-0.1, -0.05) is 0 Å². The largest absolute Gasteiger partial charge is 0.451 e. The maximum atomic E-state index is 14.4. The first-order valence-electron chi connectivity index (χ1n) is 18.7. The van der Waals surface area contributed by atoms with Gasteiger partial charge in [-0.05, 0) is 130 Å². The molecule has 10 nitrogen and oxygen atoms in total. The third kappa shape index (κ3) is 7.78. The first-order valence-corrected chi connectivity index (χ1v) is 18.7. The quantitative estimate of drug-likeness (QED) is 0.287. The molecule has 11 heteroatoms. The molecule has 4 aliphatic rings. The maximum Gasteiger partial charge on any atom is 0.258 e. The number of aromatic nitrogens is 2. The molecule has 1 atom stereocenters. The highest BCUT2D eigenvalue weighted by Gasteiger charge is 2.49. The third-order valence-corrected chi connectivity index (χ3v) is 11.9. The van der Waals surface area contributed by atoms with Gasteiger partial charge in [0.25, 0.3) is 5.91 Å². The summed E-state index contributed by atoms with van der Waals surface area (Å²) in [5, 5.41) is 3.41. The number of methoxy groups -OCH3 is 1. The van der Waals surface area contributed by atoms with Crippen molar-refractivity contribution in [2.45, 2.75) is 116 Å². The van der Waals surface area contributed by atoms with Crippen LogP contribution in [-0.2, 0) is 9.53 Å². The van der Waals surface area contributed by atoms with Gasteiger partial charge in [0.1, 0.15) is 17.9 Å². The molecule has 4 heterocycles. The molecule has 3 saturated heterocycles. The molecule has 1 saturated carbocycles. The summed E-state index contributed by atoms with van der Waals surface area (Å²) in [5.74, 6) is 1.62. The summed E-state index contributed by atoms with van der Waals surface area (Å²) >= 11 is 0. The second-order valence-corrected chi connectivity index (χ2v) is 16.8. The van der Waals surface area contributed by atoms with Crippen LogP contribution in [-0.4, -0.2) is 94.6 Å². The fourth-order valence-corrected chi connectivity index (χ4v) is 9.07. The van der Waals surface area contributed by atoms with Crippen LogP contribution in [0.2, 0.25) is 0 Å². The highest BCUT2D eigenvalue weighted by atomic mass is 19.1. The van der Waals surface area contributed by atoms with Crippen LogP contribution in [0.4, 0.5) is 10.2 Å². The van der Waals surface area contributed by atoms with E-state index in [9.17, 15) is 14.0 Å². The number of nitrogens with zero attached hydrogens (tertiary/aromatic N) is 5. The lowest BCUT2D eigenvalue weighted by Crippen LogP contribution is -2.61. The van der Waals surface area contributed by atoms with Crippen molar-refractivity contribution in [3.05, 3.63) is 42.1 Å². The van der Waals surface area contributed by atoms with E-state index >= 15 is 0 Å². The number of hydrogen-bond acceptors (Lipinski definition) is 8. The minimum atomic E-state index is -0.487. The predicted octanol–water partition coefficient (Wildman–Crippen LogP) is 6.45. The molecule has 4 fully saturated rings. The summed E-state index contributed by atoms with van der Waals surface area (Å²) in [6, 6.07) is 3.98. The first-order chi connectivity index (χ1) is 23.7. The zero-order chi connectivity index (χ0) is 35.8. The average molecular weight is 693 g/mol. The van der Waals surface area contributed by atoms with Crippen molar-refractivity contribution in [1.29, 1.82) is 0 Å². The number of carbonyl (C=O) groups is 2. The summed E-state index contributed by atoms with van der Waals surface area (Å²) in [6.45, 7) is 17.1. The Labute approximate surface area is 297 Å². The Kier molecular flexibility index (Phi) is 10.5. The Hall–Kier alpha value is -3.31. The van der Waals surface area contributed by atoms with Crippen molar-refractivity contribution < 1.29 is 23.5 Å². The fourth-order valence-electron chi connectivity index (χ4n) is 9.07. The lowest BCUT2D eigenvalue weighted by molar-refractivity contribution is -0.125. The van der Waals surface area contributed by atoms with Crippen LogP contribution in [0.25, 0.3) is 0 Å². The van der Waals surface area contributed by atoms with Crippen LogP contribution in [0.15, 0.2) is 30.7 Å². The van der Waals surface area contributed by atoms with Crippen LogP contribution in [0.5, 0.6) is 11.5 Å². The molecule has 50 heavy (non-hydrogen) atoms. The molecular weight excluding hydrogens is 635 g/mol. The Balaban J connectivity index is 1.01. The molecule has 2 aromatic rings. The molecule has 1 aromatic carbocycles. The fraction of sp³-hybridized carbons (Fsp3) is 0.692.